The zero-order valence-corrected chi connectivity index (χ0v) is 18.1. The molecule has 1 aliphatic carbocycles. The van der Waals surface area contributed by atoms with Crippen LogP contribution in [0.1, 0.15) is 24.0 Å². The molecule has 2 N–H and O–H groups in total. The predicted octanol–water partition coefficient (Wildman–Crippen LogP) is 2.32. The highest BCUT2D eigenvalue weighted by molar-refractivity contribution is 14.0. The Balaban J connectivity index is 0.00000243. The van der Waals surface area contributed by atoms with Crippen molar-refractivity contribution in [3.05, 3.63) is 48.0 Å². The fourth-order valence-electron chi connectivity index (χ4n) is 3.57. The maximum Gasteiger partial charge on any atom is 0.191 e. The monoisotopic (exact) mass is 489 g/mol. The van der Waals surface area contributed by atoms with Crippen LogP contribution < -0.4 is 10.6 Å². The van der Waals surface area contributed by atoms with Gasteiger partial charge in [-0.2, -0.15) is 0 Å². The second kappa shape index (κ2) is 9.73. The molecule has 1 aromatic carbocycles. The number of fused-ring (bicyclic) bond motifs is 1. The lowest BCUT2D eigenvalue weighted by Crippen LogP contribution is -2.46. The van der Waals surface area contributed by atoms with Gasteiger partial charge < -0.3 is 10.6 Å². The highest BCUT2D eigenvalue weighted by Gasteiger charge is 2.27. The SMILES string of the molecule is C=CCNC(=NCC1CCS(=O)(=O)C1)NC1CCc2ccccc2C1.I. The zero-order chi connectivity index (χ0) is 17.7. The van der Waals surface area contributed by atoms with E-state index in [0.29, 0.717) is 24.9 Å². The number of benzene rings is 1. The summed E-state index contributed by atoms with van der Waals surface area (Å²) < 4.78 is 23.2. The van der Waals surface area contributed by atoms with Gasteiger partial charge in [0.1, 0.15) is 0 Å². The van der Waals surface area contributed by atoms with Crippen LogP contribution in [0.5, 0.6) is 0 Å². The van der Waals surface area contributed by atoms with E-state index < -0.39 is 9.84 Å². The largest absolute Gasteiger partial charge is 0.353 e. The van der Waals surface area contributed by atoms with Gasteiger partial charge in [-0.05, 0) is 42.7 Å². The lowest BCUT2D eigenvalue weighted by atomic mass is 9.88. The Morgan fingerprint density at radius 2 is 2.04 bits per heavy atom. The number of rotatable bonds is 5. The molecule has 1 aliphatic heterocycles. The maximum atomic E-state index is 11.6. The summed E-state index contributed by atoms with van der Waals surface area (Å²) in [5.41, 5.74) is 2.84. The number of nitrogens with zero attached hydrogens (tertiary/aromatic N) is 1. The number of sulfone groups is 1. The Labute approximate surface area is 173 Å². The molecule has 1 aromatic rings. The quantitative estimate of drug-likeness (QED) is 0.288. The molecule has 0 saturated carbocycles. The van der Waals surface area contributed by atoms with Gasteiger partial charge >= 0.3 is 0 Å². The minimum Gasteiger partial charge on any atom is -0.353 e. The summed E-state index contributed by atoms with van der Waals surface area (Å²) in [6.45, 7) is 4.93. The fraction of sp³-hybridized carbons (Fsp3) is 0.526. The van der Waals surface area contributed by atoms with Crippen molar-refractivity contribution in [1.29, 1.82) is 0 Å². The highest BCUT2D eigenvalue weighted by Crippen LogP contribution is 2.21. The van der Waals surface area contributed by atoms with E-state index in [4.69, 9.17) is 0 Å². The van der Waals surface area contributed by atoms with E-state index in [0.717, 1.165) is 31.6 Å². The first-order chi connectivity index (χ1) is 12.1. The Kier molecular flexibility index (Phi) is 7.94. The smallest absolute Gasteiger partial charge is 0.191 e. The third-order valence-electron chi connectivity index (χ3n) is 4.94. The fourth-order valence-corrected chi connectivity index (χ4v) is 5.42. The number of guanidine groups is 1. The van der Waals surface area contributed by atoms with Crippen LogP contribution in [0.25, 0.3) is 0 Å². The molecule has 1 heterocycles. The molecule has 2 unspecified atom stereocenters. The van der Waals surface area contributed by atoms with Crippen molar-refractivity contribution in [1.82, 2.24) is 10.6 Å². The van der Waals surface area contributed by atoms with E-state index in [-0.39, 0.29) is 35.6 Å². The topological polar surface area (TPSA) is 70.6 Å². The maximum absolute atomic E-state index is 11.6. The number of hydrogen-bond donors (Lipinski definition) is 2. The van der Waals surface area contributed by atoms with Gasteiger partial charge in [-0.1, -0.05) is 30.3 Å². The lowest BCUT2D eigenvalue weighted by Gasteiger charge is -2.27. The molecule has 5 nitrogen and oxygen atoms in total. The lowest BCUT2D eigenvalue weighted by molar-refractivity contribution is 0.518. The minimum absolute atomic E-state index is 0. The molecule has 2 atom stereocenters. The molecule has 144 valence electrons. The van der Waals surface area contributed by atoms with Crippen LogP contribution in [-0.2, 0) is 22.7 Å². The molecule has 3 rings (SSSR count). The highest BCUT2D eigenvalue weighted by atomic mass is 127. The van der Waals surface area contributed by atoms with E-state index in [1.54, 1.807) is 6.08 Å². The van der Waals surface area contributed by atoms with Crippen molar-refractivity contribution in [2.45, 2.75) is 31.7 Å². The number of nitrogens with one attached hydrogen (secondary N) is 2. The van der Waals surface area contributed by atoms with Crippen LogP contribution in [0.15, 0.2) is 41.9 Å². The van der Waals surface area contributed by atoms with E-state index in [1.807, 2.05) is 0 Å². The minimum atomic E-state index is -2.85. The second-order valence-corrected chi connectivity index (χ2v) is 9.21. The molecule has 26 heavy (non-hydrogen) atoms. The van der Waals surface area contributed by atoms with Gasteiger partial charge in [0.2, 0.25) is 0 Å². The van der Waals surface area contributed by atoms with Crippen LogP contribution in [-0.4, -0.2) is 45.0 Å². The summed E-state index contributed by atoms with van der Waals surface area (Å²) >= 11 is 0. The van der Waals surface area contributed by atoms with Crippen LogP contribution >= 0.6 is 24.0 Å². The van der Waals surface area contributed by atoms with Crippen LogP contribution in [0.3, 0.4) is 0 Å². The van der Waals surface area contributed by atoms with Crippen LogP contribution in [0, 0.1) is 5.92 Å². The average molecular weight is 489 g/mol. The molecule has 2 aliphatic rings. The molecule has 0 radical (unpaired) electrons. The normalized spacial score (nSPS) is 24.2. The van der Waals surface area contributed by atoms with Gasteiger partial charge in [0, 0.05) is 19.1 Å². The number of hydrogen-bond acceptors (Lipinski definition) is 3. The van der Waals surface area contributed by atoms with E-state index in [9.17, 15) is 8.42 Å². The van der Waals surface area contributed by atoms with Gasteiger partial charge in [-0.3, -0.25) is 4.99 Å². The summed E-state index contributed by atoms with van der Waals surface area (Å²) in [6, 6.07) is 8.93. The van der Waals surface area contributed by atoms with Crippen molar-refractivity contribution in [2.75, 3.05) is 24.6 Å². The first-order valence-corrected chi connectivity index (χ1v) is 10.8. The molecule has 1 fully saturated rings. The number of aliphatic imine (C=N–C) groups is 1. The standard InChI is InChI=1S/C19H27N3O2S.HI/c1-2-10-20-19(21-13-15-9-11-25(23,24)14-15)22-18-8-7-16-5-3-4-6-17(16)12-18;/h2-6,15,18H,1,7-14H2,(H2,20,21,22);1H. The summed E-state index contributed by atoms with van der Waals surface area (Å²) in [5, 5.41) is 6.77. The summed E-state index contributed by atoms with van der Waals surface area (Å²) in [6.07, 6.45) is 5.65. The van der Waals surface area contributed by atoms with Crippen molar-refractivity contribution in [3.8, 4) is 0 Å². The Morgan fingerprint density at radius 1 is 1.27 bits per heavy atom. The molecule has 0 amide bonds. The molecule has 0 bridgehead atoms. The molecule has 1 saturated heterocycles. The van der Waals surface area contributed by atoms with Gasteiger partial charge in [0.25, 0.3) is 0 Å². The first-order valence-electron chi connectivity index (χ1n) is 8.98. The number of halogens is 1. The van der Waals surface area contributed by atoms with E-state index >= 15 is 0 Å². The third kappa shape index (κ3) is 5.97. The zero-order valence-electron chi connectivity index (χ0n) is 15.0. The summed E-state index contributed by atoms with van der Waals surface area (Å²) in [5.74, 6) is 1.46. The van der Waals surface area contributed by atoms with Crippen molar-refractivity contribution >= 4 is 39.8 Å². The molecule has 0 spiro atoms. The van der Waals surface area contributed by atoms with Gasteiger partial charge in [-0.25, -0.2) is 8.42 Å². The first kappa shape index (κ1) is 21.2. The molecular weight excluding hydrogens is 461 g/mol. The number of aryl methyl sites for hydroxylation is 1. The Hall–Kier alpha value is -1.09. The molecule has 0 aromatic heterocycles. The molecular formula is C19H28IN3O2S. The summed E-state index contributed by atoms with van der Waals surface area (Å²) in [4.78, 5) is 4.64. The van der Waals surface area contributed by atoms with Gasteiger partial charge in [-0.15, -0.1) is 30.6 Å². The Bertz CT molecular complexity index is 749. The Morgan fingerprint density at radius 3 is 2.73 bits per heavy atom. The van der Waals surface area contributed by atoms with E-state index in [2.05, 4.69) is 46.5 Å². The molecule has 7 heteroatoms. The van der Waals surface area contributed by atoms with Crippen molar-refractivity contribution < 1.29 is 8.42 Å². The average Bonchev–Trinajstić information content (AvgIpc) is 2.96. The van der Waals surface area contributed by atoms with Crippen molar-refractivity contribution in [2.24, 2.45) is 10.9 Å². The third-order valence-corrected chi connectivity index (χ3v) is 6.77. The van der Waals surface area contributed by atoms with Crippen molar-refractivity contribution in [3.63, 3.8) is 0 Å². The predicted molar refractivity (Wildman–Crippen MR) is 118 cm³/mol. The van der Waals surface area contributed by atoms with Crippen LogP contribution in [0.4, 0.5) is 0 Å². The second-order valence-electron chi connectivity index (χ2n) is 6.98. The van der Waals surface area contributed by atoms with Gasteiger partial charge in [0.15, 0.2) is 15.8 Å². The van der Waals surface area contributed by atoms with E-state index in [1.165, 1.54) is 11.1 Å². The summed E-state index contributed by atoms with van der Waals surface area (Å²) in [7, 11) is -2.85. The van der Waals surface area contributed by atoms with Crippen LogP contribution in [0.2, 0.25) is 0 Å². The van der Waals surface area contributed by atoms with Gasteiger partial charge in [0.05, 0.1) is 11.5 Å².